The van der Waals surface area contributed by atoms with Crippen molar-refractivity contribution >= 4 is 11.6 Å². The molecule has 0 aliphatic carbocycles. The Labute approximate surface area is 172 Å². The number of rotatable bonds is 7. The highest BCUT2D eigenvalue weighted by atomic mass is 16.5. The summed E-state index contributed by atoms with van der Waals surface area (Å²) in [5.74, 6) is 0.553. The van der Waals surface area contributed by atoms with Gasteiger partial charge in [0, 0.05) is 30.0 Å². The number of hydrogen-bond acceptors (Lipinski definition) is 3. The van der Waals surface area contributed by atoms with Crippen molar-refractivity contribution in [3.8, 4) is 5.75 Å². The molecule has 0 saturated carbocycles. The van der Waals surface area contributed by atoms with Crippen molar-refractivity contribution in [1.29, 1.82) is 0 Å². The number of carbonyl (C=O) groups excluding carboxylic acids is 1. The summed E-state index contributed by atoms with van der Waals surface area (Å²) in [7, 11) is 0. The van der Waals surface area contributed by atoms with E-state index < -0.39 is 0 Å². The number of benzene rings is 2. The molecule has 0 aliphatic heterocycles. The minimum absolute atomic E-state index is 0.0433. The van der Waals surface area contributed by atoms with Crippen LogP contribution in [0, 0.1) is 0 Å². The van der Waals surface area contributed by atoms with Crippen LogP contribution in [0.5, 0.6) is 5.75 Å². The van der Waals surface area contributed by atoms with Crippen molar-refractivity contribution < 1.29 is 9.53 Å². The van der Waals surface area contributed by atoms with Crippen molar-refractivity contribution in [2.45, 2.75) is 32.9 Å². The maximum absolute atomic E-state index is 13.0. The van der Waals surface area contributed by atoms with Gasteiger partial charge in [0.2, 0.25) is 0 Å². The third-order valence-electron chi connectivity index (χ3n) is 4.66. The maximum atomic E-state index is 13.0. The van der Waals surface area contributed by atoms with Crippen LogP contribution < -0.4 is 4.74 Å². The summed E-state index contributed by atoms with van der Waals surface area (Å²) in [5.41, 5.74) is 2.33. The quantitative estimate of drug-likeness (QED) is 0.593. The third kappa shape index (κ3) is 5.13. The summed E-state index contributed by atoms with van der Waals surface area (Å²) in [4.78, 5) is 18.9. The Kier molecular flexibility index (Phi) is 6.17. The van der Waals surface area contributed by atoms with Crippen LogP contribution in [0.2, 0.25) is 0 Å². The highest BCUT2D eigenvalue weighted by Crippen LogP contribution is 2.26. The van der Waals surface area contributed by atoms with Gasteiger partial charge in [-0.25, -0.2) is 4.98 Å². The highest BCUT2D eigenvalue weighted by Gasteiger charge is 2.27. The Balaban J connectivity index is 1.74. The number of aromatic nitrogens is 2. The van der Waals surface area contributed by atoms with Gasteiger partial charge in [0.15, 0.2) is 6.61 Å². The lowest BCUT2D eigenvalue weighted by molar-refractivity contribution is -0.139. The van der Waals surface area contributed by atoms with Gasteiger partial charge in [-0.05, 0) is 38.5 Å². The second-order valence-corrected chi connectivity index (χ2v) is 7.84. The van der Waals surface area contributed by atoms with E-state index in [9.17, 15) is 4.79 Å². The van der Waals surface area contributed by atoms with Crippen LogP contribution in [0.15, 0.2) is 79.9 Å². The molecule has 0 radical (unpaired) electrons. The Hall–Kier alpha value is -3.34. The SMILES string of the molecule is C=C(c1ccccc1OCC(=O)N(Cc1ccccc1)C(C)(C)C)n1ccnc1. The highest BCUT2D eigenvalue weighted by molar-refractivity contribution is 5.79. The van der Waals surface area contributed by atoms with Gasteiger partial charge < -0.3 is 14.2 Å². The van der Waals surface area contributed by atoms with Crippen LogP contribution in [0.1, 0.15) is 31.9 Å². The Morgan fingerprint density at radius 1 is 1.10 bits per heavy atom. The molecular weight excluding hydrogens is 362 g/mol. The van der Waals surface area contributed by atoms with Crippen LogP contribution in [0.4, 0.5) is 0 Å². The average molecular weight is 389 g/mol. The van der Waals surface area contributed by atoms with Crippen LogP contribution in [-0.2, 0) is 11.3 Å². The van der Waals surface area contributed by atoms with Gasteiger partial charge in [-0.15, -0.1) is 0 Å². The maximum Gasteiger partial charge on any atom is 0.261 e. The first kappa shape index (κ1) is 20.4. The summed E-state index contributed by atoms with van der Waals surface area (Å²) >= 11 is 0. The zero-order chi connectivity index (χ0) is 20.9. The minimum Gasteiger partial charge on any atom is -0.483 e. The van der Waals surface area contributed by atoms with E-state index in [1.54, 1.807) is 12.5 Å². The van der Waals surface area contributed by atoms with Crippen molar-refractivity contribution in [3.63, 3.8) is 0 Å². The largest absolute Gasteiger partial charge is 0.483 e. The molecule has 0 N–H and O–H groups in total. The summed E-state index contributed by atoms with van der Waals surface area (Å²) in [6.07, 6.45) is 5.21. The first-order chi connectivity index (χ1) is 13.9. The van der Waals surface area contributed by atoms with E-state index in [-0.39, 0.29) is 18.1 Å². The number of hydrogen-bond donors (Lipinski definition) is 0. The van der Waals surface area contributed by atoms with Gasteiger partial charge in [0.05, 0.1) is 12.0 Å². The monoisotopic (exact) mass is 389 g/mol. The molecule has 1 heterocycles. The number of para-hydroxylation sites is 1. The molecule has 0 atom stereocenters. The molecule has 5 nitrogen and oxygen atoms in total. The lowest BCUT2D eigenvalue weighted by Gasteiger charge is -2.36. The van der Waals surface area contributed by atoms with Crippen LogP contribution in [0.3, 0.4) is 0 Å². The zero-order valence-corrected chi connectivity index (χ0v) is 17.2. The number of amides is 1. The van der Waals surface area contributed by atoms with Gasteiger partial charge in [0.1, 0.15) is 5.75 Å². The summed E-state index contributed by atoms with van der Waals surface area (Å²) in [5, 5.41) is 0. The topological polar surface area (TPSA) is 47.4 Å². The third-order valence-corrected chi connectivity index (χ3v) is 4.66. The minimum atomic E-state index is -0.323. The van der Waals surface area contributed by atoms with Gasteiger partial charge >= 0.3 is 0 Å². The predicted molar refractivity (Wildman–Crippen MR) is 115 cm³/mol. The van der Waals surface area contributed by atoms with Crippen LogP contribution in [-0.4, -0.2) is 32.5 Å². The Bertz CT molecular complexity index is 957. The normalized spacial score (nSPS) is 11.1. The molecule has 0 aliphatic rings. The first-order valence-corrected chi connectivity index (χ1v) is 9.60. The lowest BCUT2D eigenvalue weighted by Crippen LogP contribution is -2.47. The molecule has 150 valence electrons. The standard InChI is InChI=1S/C24H27N3O2/c1-19(26-15-14-25-18-26)21-12-8-9-13-22(21)29-17-23(28)27(24(2,3)4)16-20-10-6-5-7-11-20/h5-15,18H,1,16-17H2,2-4H3. The van der Waals surface area contributed by atoms with Crippen molar-refractivity contribution in [2.75, 3.05) is 6.61 Å². The second-order valence-electron chi connectivity index (χ2n) is 7.84. The van der Waals surface area contributed by atoms with Crippen molar-refractivity contribution in [3.05, 3.63) is 91.0 Å². The number of imidazole rings is 1. The molecule has 0 unspecified atom stereocenters. The zero-order valence-electron chi connectivity index (χ0n) is 17.2. The smallest absolute Gasteiger partial charge is 0.261 e. The molecule has 0 bridgehead atoms. The Morgan fingerprint density at radius 3 is 2.45 bits per heavy atom. The molecule has 0 fully saturated rings. The van der Waals surface area contributed by atoms with Crippen LogP contribution >= 0.6 is 0 Å². The lowest BCUT2D eigenvalue weighted by atomic mass is 10.0. The van der Waals surface area contributed by atoms with E-state index in [0.29, 0.717) is 12.3 Å². The van der Waals surface area contributed by atoms with E-state index in [1.807, 2.05) is 91.0 Å². The summed E-state index contributed by atoms with van der Waals surface area (Å²) < 4.78 is 7.77. The molecule has 3 aromatic rings. The molecule has 0 spiro atoms. The second kappa shape index (κ2) is 8.78. The van der Waals surface area contributed by atoms with Gasteiger partial charge in [-0.3, -0.25) is 4.79 Å². The van der Waals surface area contributed by atoms with Crippen molar-refractivity contribution in [2.24, 2.45) is 0 Å². The Morgan fingerprint density at radius 2 is 1.79 bits per heavy atom. The van der Waals surface area contributed by atoms with Gasteiger partial charge in [-0.2, -0.15) is 0 Å². The molecule has 5 heteroatoms. The van der Waals surface area contributed by atoms with E-state index >= 15 is 0 Å². The summed E-state index contributed by atoms with van der Waals surface area (Å²) in [6, 6.07) is 17.6. The van der Waals surface area contributed by atoms with E-state index in [2.05, 4.69) is 11.6 Å². The van der Waals surface area contributed by atoms with E-state index in [1.165, 1.54) is 0 Å². The van der Waals surface area contributed by atoms with Crippen molar-refractivity contribution in [1.82, 2.24) is 14.5 Å². The summed E-state index contributed by atoms with van der Waals surface area (Å²) in [6.45, 7) is 10.7. The fourth-order valence-corrected chi connectivity index (χ4v) is 3.07. The molecular formula is C24H27N3O2. The van der Waals surface area contributed by atoms with Gasteiger partial charge in [-0.1, -0.05) is 49.0 Å². The first-order valence-electron chi connectivity index (χ1n) is 9.60. The number of nitrogens with zero attached hydrogens (tertiary/aromatic N) is 3. The van der Waals surface area contributed by atoms with Crippen LogP contribution in [0.25, 0.3) is 5.70 Å². The average Bonchev–Trinajstić information content (AvgIpc) is 3.25. The molecule has 0 saturated heterocycles. The van der Waals surface area contributed by atoms with E-state index in [0.717, 1.165) is 16.8 Å². The molecule has 29 heavy (non-hydrogen) atoms. The molecule has 1 amide bonds. The predicted octanol–water partition coefficient (Wildman–Crippen LogP) is 4.61. The molecule has 2 aromatic carbocycles. The molecule has 3 rings (SSSR count). The number of carbonyl (C=O) groups is 1. The fourth-order valence-electron chi connectivity index (χ4n) is 3.07. The van der Waals surface area contributed by atoms with E-state index in [4.69, 9.17) is 4.74 Å². The molecule has 1 aromatic heterocycles. The number of ether oxygens (including phenoxy) is 1. The van der Waals surface area contributed by atoms with Gasteiger partial charge in [0.25, 0.3) is 5.91 Å². The fraction of sp³-hybridized carbons (Fsp3) is 0.250.